The highest BCUT2D eigenvalue weighted by Crippen LogP contribution is 2.47. The van der Waals surface area contributed by atoms with Crippen molar-refractivity contribution in [1.82, 2.24) is 25.2 Å². The number of rotatable bonds is 11. The topological polar surface area (TPSA) is 185 Å². The Morgan fingerprint density at radius 1 is 1.12 bits per heavy atom. The zero-order chi connectivity index (χ0) is 43.1. The molecule has 16 heteroatoms. The highest BCUT2D eigenvalue weighted by atomic mass is 32.2. The summed E-state index contributed by atoms with van der Waals surface area (Å²) < 4.78 is 33.7. The zero-order valence-electron chi connectivity index (χ0n) is 35.4. The molecule has 4 heterocycles. The molecule has 0 spiro atoms. The van der Waals surface area contributed by atoms with Crippen LogP contribution < -0.4 is 29.6 Å². The van der Waals surface area contributed by atoms with Crippen LogP contribution in [0.2, 0.25) is 0 Å². The summed E-state index contributed by atoms with van der Waals surface area (Å²) in [6.07, 6.45) is 8.30. The zero-order valence-corrected chi connectivity index (χ0v) is 37.1. The number of fused-ring (bicyclic) bond motifs is 3. The van der Waals surface area contributed by atoms with E-state index in [4.69, 9.17) is 19.2 Å². The fourth-order valence-electron chi connectivity index (χ4n) is 8.00. The van der Waals surface area contributed by atoms with Crippen molar-refractivity contribution in [1.29, 1.82) is 0 Å². The summed E-state index contributed by atoms with van der Waals surface area (Å²) in [4.78, 5) is 64.5. The molecule has 7 rings (SSSR count). The molecule has 2 aromatic heterocycles. The van der Waals surface area contributed by atoms with E-state index in [1.165, 1.54) is 4.90 Å². The van der Waals surface area contributed by atoms with Crippen LogP contribution in [-0.4, -0.2) is 91.1 Å². The van der Waals surface area contributed by atoms with Crippen molar-refractivity contribution in [2.24, 2.45) is 5.92 Å². The average molecular weight is 864 g/mol. The van der Waals surface area contributed by atoms with Gasteiger partial charge in [-0.3, -0.25) is 23.9 Å². The van der Waals surface area contributed by atoms with Crippen LogP contribution in [0.5, 0.6) is 17.4 Å². The largest absolute Gasteiger partial charge is 0.496 e. The first-order chi connectivity index (χ1) is 28.4. The number of hydrogen-bond donors (Lipinski definition) is 4. The Kier molecular flexibility index (Phi) is 12.4. The lowest BCUT2D eigenvalue weighted by atomic mass is 10.0. The van der Waals surface area contributed by atoms with Gasteiger partial charge in [0.1, 0.15) is 46.2 Å². The molecule has 1 aromatic carbocycles. The van der Waals surface area contributed by atoms with Crippen molar-refractivity contribution < 1.29 is 42.7 Å². The number of carbonyl (C=O) groups is 4. The van der Waals surface area contributed by atoms with Crippen molar-refractivity contribution in [3.8, 4) is 17.4 Å². The van der Waals surface area contributed by atoms with Crippen LogP contribution in [-0.2, 0) is 31.0 Å². The summed E-state index contributed by atoms with van der Waals surface area (Å²) in [6, 6.07) is 6.67. The standard InChI is InChI=1S/C44H57N5O9S2/c1-25(2)57-36-22-33(29-15-16-32(56-7)26(3)37(29)46-36)58-28-21-31-38(50)47-44(41(53)48-60(55)43(6)19-20-43)23-27(44)13-11-9-8-10-12-14-30(40(52)49(31)24-28)45-39(51)34-17-18-35(59-34)42(4,5)54/h11,13,15-18,22,25,27-28,30-31,54H,8-10,12,14,19-21,23-24H2,1-7H3,(H,45,51)(H,47,50)(H,48,53)/b13-11-/t27-,28-,30+,31+,44-,60?/m1/s1. The van der Waals surface area contributed by atoms with E-state index < -0.39 is 68.7 Å². The predicted molar refractivity (Wildman–Crippen MR) is 229 cm³/mol. The van der Waals surface area contributed by atoms with Crippen molar-refractivity contribution in [3.63, 3.8) is 0 Å². The van der Waals surface area contributed by atoms with Gasteiger partial charge in [-0.05, 0) is 104 Å². The highest BCUT2D eigenvalue weighted by Gasteiger charge is 2.62. The van der Waals surface area contributed by atoms with Gasteiger partial charge < -0.3 is 34.9 Å². The molecule has 0 bridgehead atoms. The maximum atomic E-state index is 14.9. The first-order valence-electron chi connectivity index (χ1n) is 20.9. The van der Waals surface area contributed by atoms with Gasteiger partial charge in [-0.2, -0.15) is 0 Å². The minimum Gasteiger partial charge on any atom is -0.496 e. The molecule has 3 aromatic rings. The molecule has 6 atom stereocenters. The third-order valence-corrected chi connectivity index (χ3v) is 15.0. The van der Waals surface area contributed by atoms with E-state index in [0.717, 1.165) is 49.0 Å². The number of allylic oxidation sites excluding steroid dienone is 1. The number of aromatic nitrogens is 1. The molecular weight excluding hydrogens is 807 g/mol. The van der Waals surface area contributed by atoms with E-state index in [9.17, 15) is 28.5 Å². The molecule has 1 unspecified atom stereocenters. The summed E-state index contributed by atoms with van der Waals surface area (Å²) >= 11 is 1.15. The molecule has 2 aliphatic carbocycles. The molecule has 14 nitrogen and oxygen atoms in total. The van der Waals surface area contributed by atoms with E-state index in [1.807, 2.05) is 52.0 Å². The van der Waals surface area contributed by atoms with E-state index in [1.54, 1.807) is 39.2 Å². The number of ether oxygens (including phenoxy) is 3. The number of hydrogen-bond acceptors (Lipinski definition) is 11. The number of aliphatic hydroxyl groups is 1. The summed E-state index contributed by atoms with van der Waals surface area (Å²) in [7, 11) is -0.0382. The predicted octanol–water partition coefficient (Wildman–Crippen LogP) is 5.50. The summed E-state index contributed by atoms with van der Waals surface area (Å²) in [5.74, 6) is -0.835. The Morgan fingerprint density at radius 3 is 2.57 bits per heavy atom. The van der Waals surface area contributed by atoms with Gasteiger partial charge in [0.25, 0.3) is 11.8 Å². The Hall–Kier alpha value is -4.54. The first-order valence-corrected chi connectivity index (χ1v) is 22.9. The minimum atomic E-state index is -1.63. The minimum absolute atomic E-state index is 0.00929. The highest BCUT2D eigenvalue weighted by molar-refractivity contribution is 7.85. The van der Waals surface area contributed by atoms with Crippen LogP contribution in [0.1, 0.15) is 113 Å². The van der Waals surface area contributed by atoms with Gasteiger partial charge in [0.05, 0.1) is 40.5 Å². The molecule has 60 heavy (non-hydrogen) atoms. The molecule has 4 aliphatic rings. The third-order valence-electron chi connectivity index (χ3n) is 12.0. The van der Waals surface area contributed by atoms with Crippen LogP contribution in [0, 0.1) is 12.8 Å². The summed E-state index contributed by atoms with van der Waals surface area (Å²) in [6.45, 7) is 10.9. The fraction of sp³-hybridized carbons (Fsp3) is 0.568. The van der Waals surface area contributed by atoms with Crippen LogP contribution in [0.3, 0.4) is 0 Å². The number of nitrogens with zero attached hydrogens (tertiary/aromatic N) is 2. The van der Waals surface area contributed by atoms with Gasteiger partial charge in [-0.25, -0.2) is 9.19 Å². The molecule has 1 saturated heterocycles. The van der Waals surface area contributed by atoms with Crippen LogP contribution >= 0.6 is 11.3 Å². The van der Waals surface area contributed by atoms with Crippen LogP contribution in [0.25, 0.3) is 10.9 Å². The third kappa shape index (κ3) is 9.20. The lowest BCUT2D eigenvalue weighted by molar-refractivity contribution is -0.141. The summed E-state index contributed by atoms with van der Waals surface area (Å²) in [5.41, 5.74) is -1.08. The molecule has 2 saturated carbocycles. The Bertz CT molecular complexity index is 2210. The maximum Gasteiger partial charge on any atom is 0.262 e. The second-order valence-electron chi connectivity index (χ2n) is 17.6. The van der Waals surface area contributed by atoms with E-state index in [2.05, 4.69) is 15.4 Å². The number of pyridine rings is 1. The lowest BCUT2D eigenvalue weighted by Gasteiger charge is -2.30. The molecule has 2 aliphatic heterocycles. The number of aryl methyl sites for hydroxylation is 1. The van der Waals surface area contributed by atoms with Gasteiger partial charge >= 0.3 is 0 Å². The Morgan fingerprint density at radius 2 is 1.88 bits per heavy atom. The second kappa shape index (κ2) is 17.1. The van der Waals surface area contributed by atoms with Gasteiger partial charge in [0.2, 0.25) is 17.7 Å². The van der Waals surface area contributed by atoms with E-state index in [0.29, 0.717) is 57.3 Å². The molecule has 3 fully saturated rings. The molecular formula is C44H57N5O9S2. The maximum absolute atomic E-state index is 14.9. The molecule has 4 N–H and O–H groups in total. The molecule has 324 valence electrons. The van der Waals surface area contributed by atoms with Crippen LogP contribution in [0.4, 0.5) is 0 Å². The Labute approximate surface area is 357 Å². The summed E-state index contributed by atoms with van der Waals surface area (Å²) in [5, 5.41) is 17.2. The average Bonchev–Trinajstić information content (AvgIpc) is 3.94. The van der Waals surface area contributed by atoms with E-state index in [-0.39, 0.29) is 25.0 Å². The number of benzene rings is 1. The smallest absolute Gasteiger partial charge is 0.262 e. The second-order valence-corrected chi connectivity index (χ2v) is 20.4. The quantitative estimate of drug-likeness (QED) is 0.180. The SMILES string of the molecule is COc1ccc2c(O[C@@H]3C[C@H]4C(=O)N[C@]5(C(=O)NS(=O)C6(C)CC6)C[C@H]5/C=C\CCCCC[C@H](NC(=O)c5ccc(C(C)(C)O)s5)C(=O)N4C3)cc(OC(C)C)nc2c1C. The van der Waals surface area contributed by atoms with Crippen molar-refractivity contribution >= 4 is 56.9 Å². The number of nitrogens with one attached hydrogen (secondary N) is 3. The number of carbonyl (C=O) groups excluding carboxylic acids is 4. The number of amides is 4. The fourth-order valence-corrected chi connectivity index (χ4v) is 9.98. The van der Waals surface area contributed by atoms with Gasteiger partial charge in [0.15, 0.2) is 0 Å². The van der Waals surface area contributed by atoms with Crippen LogP contribution in [0.15, 0.2) is 42.5 Å². The molecule has 0 radical (unpaired) electrons. The van der Waals surface area contributed by atoms with E-state index >= 15 is 0 Å². The van der Waals surface area contributed by atoms with Gasteiger partial charge in [-0.15, -0.1) is 11.3 Å². The van der Waals surface area contributed by atoms with Gasteiger partial charge in [-0.1, -0.05) is 25.0 Å². The first kappa shape index (κ1) is 43.5. The van der Waals surface area contributed by atoms with Crippen molar-refractivity contribution in [2.75, 3.05) is 13.7 Å². The molecule has 4 amide bonds. The van der Waals surface area contributed by atoms with Gasteiger partial charge in [0, 0.05) is 34.2 Å². The number of thiophene rings is 1. The van der Waals surface area contributed by atoms with Crippen molar-refractivity contribution in [3.05, 3.63) is 57.8 Å². The monoisotopic (exact) mass is 863 g/mol. The number of methoxy groups -OCH3 is 1. The Balaban J connectivity index is 1.22. The normalized spacial score (nSPS) is 26.4. The lowest BCUT2D eigenvalue weighted by Crippen LogP contribution is -2.58. The van der Waals surface area contributed by atoms with Crippen molar-refractivity contribution in [2.45, 2.75) is 140 Å².